The Balaban J connectivity index is 2.52. The number of rotatable bonds is 6. The van der Waals surface area contributed by atoms with Gasteiger partial charge < -0.3 is 20.1 Å². The summed E-state index contributed by atoms with van der Waals surface area (Å²) in [7, 11) is 0. The first-order chi connectivity index (χ1) is 8.71. The molecule has 1 aliphatic rings. The monoisotopic (exact) mass is 258 g/mol. The number of aliphatic hydroxyl groups excluding tert-OH is 1. The molecule has 0 aliphatic carbocycles. The van der Waals surface area contributed by atoms with Crippen LogP contribution in [0.4, 0.5) is 4.79 Å². The summed E-state index contributed by atoms with van der Waals surface area (Å²) in [6.07, 6.45) is 3.12. The molecule has 1 amide bonds. The maximum atomic E-state index is 11.8. The Morgan fingerprint density at radius 1 is 1.44 bits per heavy atom. The molecule has 1 rings (SSSR count). The normalized spacial score (nSPS) is 24.1. The van der Waals surface area contributed by atoms with Gasteiger partial charge in [-0.05, 0) is 25.7 Å². The van der Waals surface area contributed by atoms with E-state index in [0.29, 0.717) is 25.6 Å². The van der Waals surface area contributed by atoms with Crippen molar-refractivity contribution in [2.75, 3.05) is 32.8 Å². The molecule has 5 nitrogen and oxygen atoms in total. The van der Waals surface area contributed by atoms with Crippen LogP contribution in [-0.2, 0) is 4.74 Å². The van der Waals surface area contributed by atoms with Crippen molar-refractivity contribution in [3.8, 4) is 0 Å². The lowest BCUT2D eigenvalue weighted by Crippen LogP contribution is -2.51. The average molecular weight is 258 g/mol. The molecule has 1 saturated heterocycles. The molecule has 1 aliphatic heterocycles. The first-order valence-corrected chi connectivity index (χ1v) is 6.97. The largest absolute Gasteiger partial charge is 0.450 e. The molecule has 18 heavy (non-hydrogen) atoms. The number of likely N-dealkylation sites (tertiary alicyclic amines) is 1. The Labute approximate surface area is 109 Å². The Bertz CT molecular complexity index is 248. The Morgan fingerprint density at radius 3 is 2.83 bits per heavy atom. The van der Waals surface area contributed by atoms with E-state index in [9.17, 15) is 4.79 Å². The van der Waals surface area contributed by atoms with Gasteiger partial charge in [0.1, 0.15) is 0 Å². The minimum Gasteiger partial charge on any atom is -0.450 e. The lowest BCUT2D eigenvalue weighted by Gasteiger charge is -2.37. The predicted molar refractivity (Wildman–Crippen MR) is 70.5 cm³/mol. The zero-order chi connectivity index (χ0) is 13.4. The van der Waals surface area contributed by atoms with Gasteiger partial charge in [-0.15, -0.1) is 0 Å². The van der Waals surface area contributed by atoms with Crippen molar-refractivity contribution >= 4 is 6.09 Å². The van der Waals surface area contributed by atoms with E-state index in [0.717, 1.165) is 25.8 Å². The van der Waals surface area contributed by atoms with Crippen LogP contribution in [0, 0.1) is 5.92 Å². The molecule has 2 atom stereocenters. The lowest BCUT2D eigenvalue weighted by atomic mass is 9.91. The van der Waals surface area contributed by atoms with E-state index < -0.39 is 0 Å². The van der Waals surface area contributed by atoms with Gasteiger partial charge in [-0.3, -0.25) is 0 Å². The van der Waals surface area contributed by atoms with E-state index >= 15 is 0 Å². The summed E-state index contributed by atoms with van der Waals surface area (Å²) in [5.41, 5.74) is 0. The number of amides is 1. The van der Waals surface area contributed by atoms with Crippen LogP contribution in [0.25, 0.3) is 0 Å². The second-order valence-corrected chi connectivity index (χ2v) is 4.87. The molecular weight excluding hydrogens is 232 g/mol. The molecule has 0 radical (unpaired) electrons. The standard InChI is InChI=1S/C13H26N2O3/c1-3-5-11-8-12(14-6-7-16)10-15(9-11)13(17)18-4-2/h11-12,14,16H,3-10H2,1-2H3. The van der Waals surface area contributed by atoms with E-state index in [4.69, 9.17) is 9.84 Å². The summed E-state index contributed by atoms with van der Waals surface area (Å²) in [4.78, 5) is 13.6. The maximum Gasteiger partial charge on any atom is 0.409 e. The molecule has 0 spiro atoms. The maximum absolute atomic E-state index is 11.8. The van der Waals surface area contributed by atoms with Crippen molar-refractivity contribution in [3.05, 3.63) is 0 Å². The van der Waals surface area contributed by atoms with E-state index in [1.54, 1.807) is 4.90 Å². The van der Waals surface area contributed by atoms with Gasteiger partial charge in [0, 0.05) is 25.7 Å². The number of nitrogens with zero attached hydrogens (tertiary/aromatic N) is 1. The molecule has 5 heteroatoms. The Hall–Kier alpha value is -0.810. The topological polar surface area (TPSA) is 61.8 Å². The first kappa shape index (κ1) is 15.2. The van der Waals surface area contributed by atoms with Gasteiger partial charge in [-0.1, -0.05) is 13.3 Å². The Kier molecular flexibility index (Phi) is 7.05. The van der Waals surface area contributed by atoms with Gasteiger partial charge >= 0.3 is 6.09 Å². The fourth-order valence-electron chi connectivity index (χ4n) is 2.60. The number of ether oxygens (including phenoxy) is 1. The van der Waals surface area contributed by atoms with Crippen molar-refractivity contribution in [2.24, 2.45) is 5.92 Å². The molecule has 2 unspecified atom stereocenters. The van der Waals surface area contributed by atoms with Gasteiger partial charge in [0.15, 0.2) is 0 Å². The van der Waals surface area contributed by atoms with Gasteiger partial charge in [-0.25, -0.2) is 4.79 Å². The molecular formula is C13H26N2O3. The highest BCUT2D eigenvalue weighted by molar-refractivity contribution is 5.67. The van der Waals surface area contributed by atoms with Crippen LogP contribution in [-0.4, -0.2) is 55.0 Å². The van der Waals surface area contributed by atoms with E-state index in [1.165, 1.54) is 0 Å². The Morgan fingerprint density at radius 2 is 2.22 bits per heavy atom. The summed E-state index contributed by atoms with van der Waals surface area (Å²) >= 11 is 0. The average Bonchev–Trinajstić information content (AvgIpc) is 2.37. The highest BCUT2D eigenvalue weighted by Crippen LogP contribution is 2.21. The highest BCUT2D eigenvalue weighted by Gasteiger charge is 2.29. The third-order valence-corrected chi connectivity index (χ3v) is 3.30. The summed E-state index contributed by atoms with van der Waals surface area (Å²) in [6.45, 7) is 6.60. The smallest absolute Gasteiger partial charge is 0.409 e. The summed E-state index contributed by atoms with van der Waals surface area (Å²) < 4.78 is 5.07. The number of piperidine rings is 1. The zero-order valence-corrected chi connectivity index (χ0v) is 11.5. The fraction of sp³-hybridized carbons (Fsp3) is 0.923. The quantitative estimate of drug-likeness (QED) is 0.752. The zero-order valence-electron chi connectivity index (χ0n) is 11.5. The lowest BCUT2D eigenvalue weighted by molar-refractivity contribution is 0.0765. The number of hydrogen-bond donors (Lipinski definition) is 2. The van der Waals surface area contributed by atoms with E-state index in [-0.39, 0.29) is 18.7 Å². The SMILES string of the molecule is CCCC1CC(NCCO)CN(C(=O)OCC)C1. The van der Waals surface area contributed by atoms with Gasteiger partial charge in [0.2, 0.25) is 0 Å². The van der Waals surface area contributed by atoms with Crippen molar-refractivity contribution in [3.63, 3.8) is 0 Å². The van der Waals surface area contributed by atoms with Gasteiger partial charge in [-0.2, -0.15) is 0 Å². The van der Waals surface area contributed by atoms with E-state index in [2.05, 4.69) is 12.2 Å². The van der Waals surface area contributed by atoms with Crippen LogP contribution in [0.3, 0.4) is 0 Å². The summed E-state index contributed by atoms with van der Waals surface area (Å²) in [5.74, 6) is 0.532. The molecule has 0 aromatic heterocycles. The molecule has 0 bridgehead atoms. The highest BCUT2D eigenvalue weighted by atomic mass is 16.6. The van der Waals surface area contributed by atoms with Crippen LogP contribution in [0.2, 0.25) is 0 Å². The summed E-state index contributed by atoms with van der Waals surface area (Å²) in [6, 6.07) is 0.270. The molecule has 0 aromatic carbocycles. The van der Waals surface area contributed by atoms with E-state index in [1.807, 2.05) is 6.92 Å². The molecule has 1 heterocycles. The number of aliphatic hydroxyl groups is 1. The number of nitrogens with one attached hydrogen (secondary N) is 1. The second kappa shape index (κ2) is 8.32. The molecule has 1 fully saturated rings. The fourth-order valence-corrected chi connectivity index (χ4v) is 2.60. The van der Waals surface area contributed by atoms with Crippen molar-refractivity contribution < 1.29 is 14.6 Å². The van der Waals surface area contributed by atoms with Crippen LogP contribution in [0.15, 0.2) is 0 Å². The first-order valence-electron chi connectivity index (χ1n) is 6.97. The van der Waals surface area contributed by atoms with Crippen molar-refractivity contribution in [2.45, 2.75) is 39.2 Å². The molecule has 0 saturated carbocycles. The van der Waals surface area contributed by atoms with Crippen LogP contribution in [0.1, 0.15) is 33.1 Å². The predicted octanol–water partition coefficient (Wildman–Crippen LogP) is 1.22. The third-order valence-electron chi connectivity index (χ3n) is 3.30. The molecule has 0 aromatic rings. The second-order valence-electron chi connectivity index (χ2n) is 4.87. The van der Waals surface area contributed by atoms with Crippen molar-refractivity contribution in [1.82, 2.24) is 10.2 Å². The minimum absolute atomic E-state index is 0.133. The molecule has 106 valence electrons. The van der Waals surface area contributed by atoms with Crippen LogP contribution < -0.4 is 5.32 Å². The number of carbonyl (C=O) groups excluding carboxylic acids is 1. The van der Waals surface area contributed by atoms with Crippen LogP contribution in [0.5, 0.6) is 0 Å². The van der Waals surface area contributed by atoms with Crippen molar-refractivity contribution in [1.29, 1.82) is 0 Å². The minimum atomic E-state index is -0.214. The van der Waals surface area contributed by atoms with Crippen LogP contribution >= 0.6 is 0 Å². The summed E-state index contributed by atoms with van der Waals surface area (Å²) in [5, 5.41) is 12.1. The molecule has 2 N–H and O–H groups in total. The van der Waals surface area contributed by atoms with Gasteiger partial charge in [0.25, 0.3) is 0 Å². The van der Waals surface area contributed by atoms with Gasteiger partial charge in [0.05, 0.1) is 13.2 Å². The number of carbonyl (C=O) groups is 1. The number of hydrogen-bond acceptors (Lipinski definition) is 4. The third kappa shape index (κ3) is 4.82.